The molecule has 3 heterocycles. The van der Waals surface area contributed by atoms with Crippen LogP contribution in [0, 0.1) is 11.3 Å². The Balaban J connectivity index is 1.76. The Bertz CT molecular complexity index is 1340. The molecule has 0 aliphatic carbocycles. The van der Waals surface area contributed by atoms with Crippen molar-refractivity contribution < 1.29 is 13.5 Å². The predicted octanol–water partition coefficient (Wildman–Crippen LogP) is 4.16. The van der Waals surface area contributed by atoms with Crippen molar-refractivity contribution in [2.24, 2.45) is 0 Å². The summed E-state index contributed by atoms with van der Waals surface area (Å²) in [4.78, 5) is 16.2. The molecule has 0 amide bonds. The maximum Gasteiger partial charge on any atom is 0.388 e. The molecule has 1 N–H and O–H groups in total. The number of likely N-dealkylation sites (N-methyl/N-ethyl adjacent to an activating group) is 1. The number of hydrogen-bond acceptors (Lipinski definition) is 5. The number of H-pyrrole nitrogens is 1. The molecule has 1 aliphatic rings. The van der Waals surface area contributed by atoms with Gasteiger partial charge in [-0.3, -0.25) is 4.79 Å². The molecule has 7 nitrogen and oxygen atoms in total. The smallest absolute Gasteiger partial charge is 0.388 e. The lowest BCUT2D eigenvalue weighted by Gasteiger charge is -2.27. The number of aromatic amines is 1. The van der Waals surface area contributed by atoms with Gasteiger partial charge in [0.1, 0.15) is 6.07 Å². The summed E-state index contributed by atoms with van der Waals surface area (Å²) in [6.07, 6.45) is 7.97. The zero-order valence-electron chi connectivity index (χ0n) is 16.7. The number of rotatable bonds is 5. The summed E-state index contributed by atoms with van der Waals surface area (Å²) in [6, 6.07) is 8.59. The van der Waals surface area contributed by atoms with Crippen LogP contribution in [-0.2, 0) is 4.74 Å². The molecule has 4 rings (SSSR count). The van der Waals surface area contributed by atoms with Crippen LogP contribution in [0.15, 0.2) is 65.7 Å². The second-order valence-electron chi connectivity index (χ2n) is 6.98. The average Bonchev–Trinajstić information content (AvgIpc) is 3.24. The van der Waals surface area contributed by atoms with E-state index in [1.54, 1.807) is 49.9 Å². The molecule has 162 valence electrons. The van der Waals surface area contributed by atoms with Gasteiger partial charge in [0.25, 0.3) is 0 Å². The van der Waals surface area contributed by atoms with Crippen LogP contribution >= 0.6 is 11.6 Å². The first-order valence-corrected chi connectivity index (χ1v) is 9.79. The van der Waals surface area contributed by atoms with E-state index in [1.165, 1.54) is 21.7 Å². The van der Waals surface area contributed by atoms with Gasteiger partial charge in [-0.2, -0.15) is 19.1 Å². The minimum absolute atomic E-state index is 0.0351. The highest BCUT2D eigenvalue weighted by Crippen LogP contribution is 2.31. The molecular formula is C22H16ClF2N5O2. The highest BCUT2D eigenvalue weighted by Gasteiger charge is 2.20. The van der Waals surface area contributed by atoms with Gasteiger partial charge in [0.2, 0.25) is 5.56 Å². The number of alkyl halides is 2. The summed E-state index contributed by atoms with van der Waals surface area (Å²) in [6.45, 7) is -2.67. The molecule has 0 bridgehead atoms. The zero-order chi connectivity index (χ0) is 22.8. The molecule has 0 fully saturated rings. The number of nitrogens with one attached hydrogen (secondary N) is 1. The van der Waals surface area contributed by atoms with Gasteiger partial charge in [0.15, 0.2) is 5.88 Å². The number of pyridine rings is 1. The lowest BCUT2D eigenvalue weighted by atomic mass is 9.96. The minimum Gasteiger partial charge on any atom is -0.419 e. The van der Waals surface area contributed by atoms with E-state index in [0.29, 0.717) is 33.0 Å². The minimum atomic E-state index is -2.93. The van der Waals surface area contributed by atoms with Gasteiger partial charge < -0.3 is 14.6 Å². The van der Waals surface area contributed by atoms with Crippen molar-refractivity contribution in [3.8, 4) is 22.9 Å². The normalized spacial score (nSPS) is 13.6. The molecule has 1 aromatic carbocycles. The number of benzene rings is 1. The second-order valence-corrected chi connectivity index (χ2v) is 7.38. The molecule has 0 atom stereocenters. The van der Waals surface area contributed by atoms with Crippen molar-refractivity contribution in [2.45, 2.75) is 6.61 Å². The van der Waals surface area contributed by atoms with E-state index in [9.17, 15) is 18.8 Å². The zero-order valence-corrected chi connectivity index (χ0v) is 17.5. The van der Waals surface area contributed by atoms with Gasteiger partial charge in [0.05, 0.1) is 22.5 Å². The molecule has 1 aliphatic heterocycles. The van der Waals surface area contributed by atoms with E-state index < -0.39 is 6.61 Å². The lowest BCUT2D eigenvalue weighted by Crippen LogP contribution is -2.26. The molecule has 0 unspecified atom stereocenters. The number of ether oxygens (including phenoxy) is 1. The predicted molar refractivity (Wildman–Crippen MR) is 115 cm³/mol. The fourth-order valence-electron chi connectivity index (χ4n) is 3.46. The summed E-state index contributed by atoms with van der Waals surface area (Å²) in [5, 5.41) is 14.1. The van der Waals surface area contributed by atoms with E-state index in [2.05, 4.69) is 20.9 Å². The molecule has 0 radical (unpaired) electrons. The largest absolute Gasteiger partial charge is 0.419 e. The van der Waals surface area contributed by atoms with Crippen molar-refractivity contribution in [1.29, 1.82) is 5.26 Å². The van der Waals surface area contributed by atoms with Crippen LogP contribution in [0.25, 0.3) is 22.4 Å². The Morgan fingerprint density at radius 2 is 2.12 bits per heavy atom. The molecule has 3 aromatic rings. The molecule has 0 saturated heterocycles. The first-order valence-electron chi connectivity index (χ1n) is 9.41. The SMILES string of the molecule is CN1CC(c2cc(=O)[nH]cc2-c2cnn(-c3cccc(Cl)c3C#N)c2)=CC=C1OC(F)F. The van der Waals surface area contributed by atoms with Crippen molar-refractivity contribution in [3.63, 3.8) is 0 Å². The first-order chi connectivity index (χ1) is 15.4. The van der Waals surface area contributed by atoms with Crippen molar-refractivity contribution in [2.75, 3.05) is 13.6 Å². The number of hydrogen-bond donors (Lipinski definition) is 1. The monoisotopic (exact) mass is 455 g/mol. The summed E-state index contributed by atoms with van der Waals surface area (Å²) in [5.41, 5.74) is 3.23. The van der Waals surface area contributed by atoms with Crippen LogP contribution < -0.4 is 5.56 Å². The Morgan fingerprint density at radius 3 is 2.84 bits per heavy atom. The molecular weight excluding hydrogens is 440 g/mol. The van der Waals surface area contributed by atoms with Crippen molar-refractivity contribution >= 4 is 17.2 Å². The van der Waals surface area contributed by atoms with Gasteiger partial charge in [-0.25, -0.2) is 4.68 Å². The van der Waals surface area contributed by atoms with Crippen LogP contribution in [0.3, 0.4) is 0 Å². The maximum atomic E-state index is 12.6. The number of aromatic nitrogens is 3. The van der Waals surface area contributed by atoms with E-state index in [1.807, 2.05) is 0 Å². The third-order valence-electron chi connectivity index (χ3n) is 4.93. The fraction of sp³-hybridized carbons (Fsp3) is 0.136. The van der Waals surface area contributed by atoms with Crippen molar-refractivity contribution in [3.05, 3.63) is 87.4 Å². The quantitative estimate of drug-likeness (QED) is 0.624. The number of allylic oxidation sites excluding steroid dienone is 2. The molecule has 32 heavy (non-hydrogen) atoms. The van der Waals surface area contributed by atoms with Crippen LogP contribution in [0.1, 0.15) is 11.1 Å². The maximum absolute atomic E-state index is 12.6. The summed E-state index contributed by atoms with van der Waals surface area (Å²) < 4.78 is 31.2. The van der Waals surface area contributed by atoms with Gasteiger partial charge in [-0.05, 0) is 29.3 Å². The average molecular weight is 456 g/mol. The summed E-state index contributed by atoms with van der Waals surface area (Å²) in [5.74, 6) is 0.0351. The van der Waals surface area contributed by atoms with Crippen LogP contribution in [-0.4, -0.2) is 39.9 Å². The standard InChI is InChI=1S/C22H16ClF2N5O2/c1-29-11-13(5-6-21(29)32-22(24)25)15-7-20(31)27-10-17(15)14-9-28-30(12-14)19-4-2-3-18(23)16(19)8-26/h2-7,9-10,12,22H,11H2,1H3,(H,27,31). The van der Waals surface area contributed by atoms with Crippen LogP contribution in [0.4, 0.5) is 8.78 Å². The molecule has 10 heteroatoms. The van der Waals surface area contributed by atoms with Gasteiger partial charge in [0, 0.05) is 43.2 Å². The summed E-state index contributed by atoms with van der Waals surface area (Å²) in [7, 11) is 1.62. The van der Waals surface area contributed by atoms with E-state index in [4.69, 9.17) is 11.6 Å². The Kier molecular flexibility index (Phi) is 5.79. The van der Waals surface area contributed by atoms with Gasteiger partial charge >= 0.3 is 6.61 Å². The topological polar surface area (TPSA) is 86.9 Å². The van der Waals surface area contributed by atoms with Gasteiger partial charge in [-0.1, -0.05) is 23.7 Å². The van der Waals surface area contributed by atoms with Crippen LogP contribution in [0.5, 0.6) is 0 Å². The van der Waals surface area contributed by atoms with Crippen molar-refractivity contribution in [1.82, 2.24) is 19.7 Å². The molecule has 0 saturated carbocycles. The van der Waals surface area contributed by atoms with E-state index in [-0.39, 0.29) is 18.0 Å². The third kappa shape index (κ3) is 4.13. The van der Waals surface area contributed by atoms with Gasteiger partial charge in [-0.15, -0.1) is 0 Å². The van der Waals surface area contributed by atoms with E-state index >= 15 is 0 Å². The Hall–Kier alpha value is -3.90. The molecule has 2 aromatic heterocycles. The number of nitrogens with zero attached hydrogens (tertiary/aromatic N) is 4. The fourth-order valence-corrected chi connectivity index (χ4v) is 3.68. The Morgan fingerprint density at radius 1 is 1.31 bits per heavy atom. The molecule has 0 spiro atoms. The van der Waals surface area contributed by atoms with Crippen LogP contribution in [0.2, 0.25) is 5.02 Å². The summed E-state index contributed by atoms with van der Waals surface area (Å²) >= 11 is 6.13. The second kappa shape index (κ2) is 8.69. The lowest BCUT2D eigenvalue weighted by molar-refractivity contribution is -0.115. The van der Waals surface area contributed by atoms with E-state index in [0.717, 1.165) is 5.57 Å². The Labute approximate surface area is 186 Å². The number of nitriles is 1. The third-order valence-corrected chi connectivity index (χ3v) is 5.25. The number of halogens is 3. The highest BCUT2D eigenvalue weighted by molar-refractivity contribution is 6.32. The highest BCUT2D eigenvalue weighted by atomic mass is 35.5. The first kappa shape index (κ1) is 21.3.